The number of carbonyl (C=O) groups excluding carboxylic acids is 1. The van der Waals surface area contributed by atoms with Crippen molar-refractivity contribution in [2.75, 3.05) is 26.7 Å². The summed E-state index contributed by atoms with van der Waals surface area (Å²) in [5.41, 5.74) is 0. The zero-order valence-electron chi connectivity index (χ0n) is 7.95. The number of rotatable bonds is 5. The second-order valence-corrected chi connectivity index (χ2v) is 2.87. The fourth-order valence-corrected chi connectivity index (χ4v) is 0.938. The summed E-state index contributed by atoms with van der Waals surface area (Å²) in [5, 5.41) is 19.7. The molecule has 2 N–H and O–H groups in total. The summed E-state index contributed by atoms with van der Waals surface area (Å²) >= 11 is 0. The molecule has 0 rings (SSSR count). The van der Waals surface area contributed by atoms with Crippen molar-refractivity contribution in [3.05, 3.63) is 0 Å². The van der Waals surface area contributed by atoms with Crippen molar-refractivity contribution in [2.24, 2.45) is 0 Å². The van der Waals surface area contributed by atoms with Crippen molar-refractivity contribution in [3.63, 3.8) is 0 Å². The molecule has 0 aromatic rings. The summed E-state index contributed by atoms with van der Waals surface area (Å²) in [6.07, 6.45) is 0. The number of hydrogen-bond donors (Lipinski definition) is 2. The fourth-order valence-electron chi connectivity index (χ4n) is 0.938. The van der Waals surface area contributed by atoms with Gasteiger partial charge in [-0.25, -0.2) is 0 Å². The van der Waals surface area contributed by atoms with Gasteiger partial charge in [-0.1, -0.05) is 0 Å². The number of carbonyl (C=O) groups is 1. The first-order valence-electron chi connectivity index (χ1n) is 4.06. The Morgan fingerprint density at radius 2 is 2.38 bits per heavy atom. The summed E-state index contributed by atoms with van der Waals surface area (Å²) in [6.45, 7) is 2.35. The van der Waals surface area contributed by atoms with E-state index in [2.05, 4.69) is 5.32 Å². The molecule has 0 bridgehead atoms. The molecule has 13 heavy (non-hydrogen) atoms. The summed E-state index contributed by atoms with van der Waals surface area (Å²) in [5.74, 6) is -0.219. The van der Waals surface area contributed by atoms with Gasteiger partial charge in [0.1, 0.15) is 6.04 Å². The summed E-state index contributed by atoms with van der Waals surface area (Å²) in [4.78, 5) is 12.4. The van der Waals surface area contributed by atoms with Crippen LogP contribution in [-0.2, 0) is 4.79 Å². The number of likely N-dealkylation sites (N-methyl/N-ethyl adjacent to an activating group) is 1. The third-order valence-electron chi connectivity index (χ3n) is 1.51. The fraction of sp³-hybridized carbons (Fsp3) is 0.750. The number of nitrogens with one attached hydrogen (secondary N) is 1. The Hall–Kier alpha value is -1.12. The van der Waals surface area contributed by atoms with E-state index in [1.807, 2.05) is 6.07 Å². The Balaban J connectivity index is 3.84. The molecule has 5 heteroatoms. The summed E-state index contributed by atoms with van der Waals surface area (Å²) in [7, 11) is 1.78. The lowest BCUT2D eigenvalue weighted by Crippen LogP contribution is -2.41. The minimum atomic E-state index is -0.506. The third-order valence-corrected chi connectivity index (χ3v) is 1.51. The average molecular weight is 185 g/mol. The van der Waals surface area contributed by atoms with Crippen LogP contribution in [0.1, 0.15) is 6.92 Å². The SMILES string of the molecule is CC(=O)NC(C#N)CN(C)CCO. The van der Waals surface area contributed by atoms with Crippen LogP contribution < -0.4 is 5.32 Å². The minimum absolute atomic E-state index is 0.0503. The molecular formula is C8H15N3O2. The lowest BCUT2D eigenvalue weighted by molar-refractivity contribution is -0.119. The van der Waals surface area contributed by atoms with E-state index in [9.17, 15) is 4.79 Å². The monoisotopic (exact) mass is 185 g/mol. The molecule has 1 unspecified atom stereocenters. The van der Waals surface area contributed by atoms with Gasteiger partial charge in [0.2, 0.25) is 5.91 Å². The Labute approximate surface area is 78.0 Å². The van der Waals surface area contributed by atoms with Gasteiger partial charge in [0, 0.05) is 20.0 Å². The van der Waals surface area contributed by atoms with E-state index in [1.165, 1.54) is 6.92 Å². The van der Waals surface area contributed by atoms with Crippen LogP contribution in [0.4, 0.5) is 0 Å². The predicted octanol–water partition coefficient (Wildman–Crippen LogP) is -1.06. The normalized spacial score (nSPS) is 12.2. The number of aliphatic hydroxyl groups is 1. The lowest BCUT2D eigenvalue weighted by Gasteiger charge is -2.18. The molecule has 74 valence electrons. The van der Waals surface area contributed by atoms with Gasteiger partial charge in [0.15, 0.2) is 0 Å². The van der Waals surface area contributed by atoms with Gasteiger partial charge in [0.25, 0.3) is 0 Å². The van der Waals surface area contributed by atoms with Crippen LogP contribution in [-0.4, -0.2) is 48.7 Å². The Bertz CT molecular complexity index is 200. The highest BCUT2D eigenvalue weighted by molar-refractivity contribution is 5.73. The second kappa shape index (κ2) is 6.40. The first-order chi connectivity index (χ1) is 6.10. The summed E-state index contributed by atoms with van der Waals surface area (Å²) < 4.78 is 0. The Kier molecular flexibility index (Phi) is 5.85. The molecule has 0 aliphatic heterocycles. The molecular weight excluding hydrogens is 170 g/mol. The first kappa shape index (κ1) is 11.9. The van der Waals surface area contributed by atoms with E-state index in [0.717, 1.165) is 0 Å². The van der Waals surface area contributed by atoms with Gasteiger partial charge in [-0.3, -0.25) is 4.79 Å². The Morgan fingerprint density at radius 1 is 1.77 bits per heavy atom. The van der Waals surface area contributed by atoms with Crippen molar-refractivity contribution in [1.82, 2.24) is 10.2 Å². The largest absolute Gasteiger partial charge is 0.395 e. The number of hydrogen-bond acceptors (Lipinski definition) is 4. The maximum absolute atomic E-state index is 10.6. The standard InChI is InChI=1S/C8H15N3O2/c1-7(13)10-8(5-9)6-11(2)3-4-12/h8,12H,3-4,6H2,1-2H3,(H,10,13). The molecule has 0 spiro atoms. The number of aliphatic hydroxyl groups excluding tert-OH is 1. The molecule has 0 aromatic carbocycles. The van der Waals surface area contributed by atoms with Gasteiger partial charge < -0.3 is 15.3 Å². The first-order valence-corrected chi connectivity index (χ1v) is 4.06. The number of nitrogens with zero attached hydrogens (tertiary/aromatic N) is 2. The third kappa shape index (κ3) is 6.08. The molecule has 0 aliphatic rings. The predicted molar refractivity (Wildman–Crippen MR) is 47.8 cm³/mol. The lowest BCUT2D eigenvalue weighted by atomic mass is 10.3. The molecule has 0 heterocycles. The van der Waals surface area contributed by atoms with Crippen LogP contribution >= 0.6 is 0 Å². The number of nitriles is 1. The van der Waals surface area contributed by atoms with Crippen LogP contribution in [0.25, 0.3) is 0 Å². The molecule has 5 nitrogen and oxygen atoms in total. The van der Waals surface area contributed by atoms with Crippen LogP contribution in [0.15, 0.2) is 0 Å². The minimum Gasteiger partial charge on any atom is -0.395 e. The van der Waals surface area contributed by atoms with Crippen molar-refractivity contribution in [1.29, 1.82) is 5.26 Å². The molecule has 0 aliphatic carbocycles. The maximum Gasteiger partial charge on any atom is 0.217 e. The van der Waals surface area contributed by atoms with Gasteiger partial charge in [-0.2, -0.15) is 5.26 Å². The maximum atomic E-state index is 10.6. The highest BCUT2D eigenvalue weighted by Gasteiger charge is 2.10. The van der Waals surface area contributed by atoms with Crippen molar-refractivity contribution in [3.8, 4) is 6.07 Å². The molecule has 0 saturated heterocycles. The van der Waals surface area contributed by atoms with E-state index in [-0.39, 0.29) is 12.5 Å². The van der Waals surface area contributed by atoms with E-state index in [0.29, 0.717) is 13.1 Å². The van der Waals surface area contributed by atoms with E-state index < -0.39 is 6.04 Å². The molecule has 0 fully saturated rings. The van der Waals surface area contributed by atoms with Gasteiger partial charge in [-0.05, 0) is 7.05 Å². The summed E-state index contributed by atoms with van der Waals surface area (Å²) in [6, 6.07) is 1.46. The van der Waals surface area contributed by atoms with E-state index in [1.54, 1.807) is 11.9 Å². The smallest absolute Gasteiger partial charge is 0.217 e. The molecule has 1 amide bonds. The van der Waals surface area contributed by atoms with E-state index in [4.69, 9.17) is 10.4 Å². The number of amides is 1. The van der Waals surface area contributed by atoms with Crippen molar-refractivity contribution in [2.45, 2.75) is 13.0 Å². The van der Waals surface area contributed by atoms with Crippen LogP contribution in [0, 0.1) is 11.3 Å². The van der Waals surface area contributed by atoms with Crippen LogP contribution in [0.2, 0.25) is 0 Å². The average Bonchev–Trinajstić information content (AvgIpc) is 2.02. The highest BCUT2D eigenvalue weighted by atomic mass is 16.3. The molecule has 1 atom stereocenters. The Morgan fingerprint density at radius 3 is 2.77 bits per heavy atom. The van der Waals surface area contributed by atoms with Crippen LogP contribution in [0.3, 0.4) is 0 Å². The van der Waals surface area contributed by atoms with E-state index >= 15 is 0 Å². The van der Waals surface area contributed by atoms with Gasteiger partial charge >= 0.3 is 0 Å². The van der Waals surface area contributed by atoms with Crippen molar-refractivity contribution >= 4 is 5.91 Å². The van der Waals surface area contributed by atoms with Gasteiger partial charge in [-0.15, -0.1) is 0 Å². The van der Waals surface area contributed by atoms with Crippen LogP contribution in [0.5, 0.6) is 0 Å². The topological polar surface area (TPSA) is 76.4 Å². The van der Waals surface area contributed by atoms with Gasteiger partial charge in [0.05, 0.1) is 12.7 Å². The molecule has 0 radical (unpaired) electrons. The molecule has 0 saturated carbocycles. The molecule has 0 aromatic heterocycles. The zero-order valence-corrected chi connectivity index (χ0v) is 7.95. The second-order valence-electron chi connectivity index (χ2n) is 2.87. The highest BCUT2D eigenvalue weighted by Crippen LogP contribution is 1.87. The zero-order chi connectivity index (χ0) is 10.3. The quantitative estimate of drug-likeness (QED) is 0.572. The van der Waals surface area contributed by atoms with Crippen molar-refractivity contribution < 1.29 is 9.90 Å².